The van der Waals surface area contributed by atoms with Crippen LogP contribution in [0.4, 0.5) is 11.4 Å². The molecule has 1 aromatic rings. The van der Waals surface area contributed by atoms with Gasteiger partial charge in [-0.3, -0.25) is 0 Å². The number of rotatable bonds is 2. The number of nitrogens with two attached hydrogens (primary N) is 1. The fraction of sp³-hybridized carbons (Fsp3) is 0.500. The summed E-state index contributed by atoms with van der Waals surface area (Å²) in [5.74, 6) is -0.325. The van der Waals surface area contributed by atoms with Crippen LogP contribution in [-0.2, 0) is 4.74 Å². The van der Waals surface area contributed by atoms with Gasteiger partial charge in [-0.1, -0.05) is 13.8 Å². The molecule has 2 unspecified atom stereocenters. The van der Waals surface area contributed by atoms with E-state index in [1.165, 1.54) is 7.11 Å². The van der Waals surface area contributed by atoms with Gasteiger partial charge in [-0.15, -0.1) is 0 Å². The quantitative estimate of drug-likeness (QED) is 0.666. The van der Waals surface area contributed by atoms with E-state index in [9.17, 15) is 4.79 Å². The minimum atomic E-state index is -0.325. The molecule has 0 saturated carbocycles. The van der Waals surface area contributed by atoms with Crippen LogP contribution < -0.4 is 10.6 Å². The van der Waals surface area contributed by atoms with Crippen LogP contribution in [-0.4, -0.2) is 36.7 Å². The summed E-state index contributed by atoms with van der Waals surface area (Å²) < 4.78 is 4.76. The van der Waals surface area contributed by atoms with Crippen LogP contribution in [0.3, 0.4) is 0 Å². The first-order valence-corrected chi connectivity index (χ1v) is 7.33. The maximum atomic E-state index is 11.6. The Balaban J connectivity index is 2.30. The van der Waals surface area contributed by atoms with Gasteiger partial charge in [0.05, 0.1) is 24.0 Å². The number of nitrogen functional groups attached to an aromatic ring is 1. The summed E-state index contributed by atoms with van der Waals surface area (Å²) in [5.41, 5.74) is 8.24. The average molecular weight is 280 g/mol. The summed E-state index contributed by atoms with van der Waals surface area (Å²) >= 11 is 1.99. The Kier molecular flexibility index (Phi) is 4.24. The first-order valence-electron chi connectivity index (χ1n) is 6.39. The number of carbonyl (C=O) groups is 1. The SMILES string of the molecule is COC(=O)c1ccc(N)c(N2CC(C)SC(C)C2)c1. The monoisotopic (exact) mass is 280 g/mol. The first kappa shape index (κ1) is 14.1. The Morgan fingerprint density at radius 1 is 1.37 bits per heavy atom. The minimum absolute atomic E-state index is 0.325. The highest BCUT2D eigenvalue weighted by Gasteiger charge is 2.24. The summed E-state index contributed by atoms with van der Waals surface area (Å²) in [6, 6.07) is 5.31. The van der Waals surface area contributed by atoms with Gasteiger partial charge < -0.3 is 15.4 Å². The second-order valence-corrected chi connectivity index (χ2v) is 6.81. The molecule has 1 aliphatic rings. The molecule has 1 aromatic carbocycles. The first-order chi connectivity index (χ1) is 9.01. The van der Waals surface area contributed by atoms with Gasteiger partial charge in [0.2, 0.25) is 0 Å². The second-order valence-electron chi connectivity index (χ2n) is 4.93. The van der Waals surface area contributed by atoms with E-state index in [2.05, 4.69) is 18.7 Å². The van der Waals surface area contributed by atoms with Gasteiger partial charge in [-0.05, 0) is 18.2 Å². The average Bonchev–Trinajstić information content (AvgIpc) is 2.37. The largest absolute Gasteiger partial charge is 0.465 e. The molecule has 0 spiro atoms. The van der Waals surface area contributed by atoms with E-state index in [0.717, 1.165) is 18.8 Å². The number of ether oxygens (including phenoxy) is 1. The lowest BCUT2D eigenvalue weighted by Gasteiger charge is -2.36. The highest BCUT2D eigenvalue weighted by molar-refractivity contribution is 8.00. The van der Waals surface area contributed by atoms with E-state index in [-0.39, 0.29) is 5.97 Å². The standard InChI is InChI=1S/C14H20N2O2S/c1-9-7-16(8-10(2)19-9)13-6-11(14(17)18-3)4-5-12(13)15/h4-6,9-10H,7-8,15H2,1-3H3. The molecule has 0 bridgehead atoms. The molecular weight excluding hydrogens is 260 g/mol. The maximum absolute atomic E-state index is 11.6. The summed E-state index contributed by atoms with van der Waals surface area (Å²) in [6.07, 6.45) is 0. The van der Waals surface area contributed by atoms with Crippen molar-refractivity contribution in [1.29, 1.82) is 0 Å². The van der Waals surface area contributed by atoms with Crippen molar-refractivity contribution in [3.8, 4) is 0 Å². The molecule has 104 valence electrons. The molecule has 0 aliphatic carbocycles. The van der Waals surface area contributed by atoms with E-state index < -0.39 is 0 Å². The molecule has 19 heavy (non-hydrogen) atoms. The number of hydrogen-bond acceptors (Lipinski definition) is 5. The van der Waals surface area contributed by atoms with Crippen LogP contribution in [0.2, 0.25) is 0 Å². The predicted octanol–water partition coefficient (Wildman–Crippen LogP) is 2.39. The van der Waals surface area contributed by atoms with Crippen molar-refractivity contribution in [2.45, 2.75) is 24.3 Å². The van der Waals surface area contributed by atoms with Crippen LogP contribution >= 0.6 is 11.8 Å². The zero-order valence-electron chi connectivity index (χ0n) is 11.6. The third-order valence-electron chi connectivity index (χ3n) is 3.21. The number of anilines is 2. The van der Waals surface area contributed by atoms with Crippen molar-refractivity contribution in [2.75, 3.05) is 30.8 Å². The third kappa shape index (κ3) is 3.15. The van der Waals surface area contributed by atoms with Gasteiger partial charge in [0, 0.05) is 23.6 Å². The molecule has 2 atom stereocenters. The Hall–Kier alpha value is -1.36. The fourth-order valence-corrected chi connectivity index (χ4v) is 3.76. The van der Waals surface area contributed by atoms with E-state index in [0.29, 0.717) is 21.8 Å². The number of methoxy groups -OCH3 is 1. The molecule has 4 nitrogen and oxygen atoms in total. The lowest BCUT2D eigenvalue weighted by Crippen LogP contribution is -2.40. The van der Waals surface area contributed by atoms with E-state index in [1.54, 1.807) is 12.1 Å². The van der Waals surface area contributed by atoms with E-state index in [1.807, 2.05) is 17.8 Å². The smallest absolute Gasteiger partial charge is 0.337 e. The Morgan fingerprint density at radius 3 is 2.58 bits per heavy atom. The number of esters is 1. The molecule has 1 saturated heterocycles. The van der Waals surface area contributed by atoms with Crippen LogP contribution in [0.5, 0.6) is 0 Å². The van der Waals surface area contributed by atoms with Gasteiger partial charge in [-0.25, -0.2) is 4.79 Å². The van der Waals surface area contributed by atoms with Gasteiger partial charge in [0.1, 0.15) is 0 Å². The van der Waals surface area contributed by atoms with Gasteiger partial charge in [-0.2, -0.15) is 11.8 Å². The fourth-order valence-electron chi connectivity index (χ4n) is 2.44. The topological polar surface area (TPSA) is 55.6 Å². The molecule has 0 amide bonds. The molecule has 0 aromatic heterocycles. The molecule has 2 N–H and O–H groups in total. The Labute approximate surface area is 118 Å². The highest BCUT2D eigenvalue weighted by atomic mass is 32.2. The van der Waals surface area contributed by atoms with E-state index in [4.69, 9.17) is 10.5 Å². The molecule has 5 heteroatoms. The minimum Gasteiger partial charge on any atom is -0.465 e. The molecule has 2 rings (SSSR count). The van der Waals surface area contributed by atoms with Crippen molar-refractivity contribution in [2.24, 2.45) is 0 Å². The van der Waals surface area contributed by atoms with Gasteiger partial charge in [0.15, 0.2) is 0 Å². The van der Waals surface area contributed by atoms with Crippen LogP contribution in [0, 0.1) is 0 Å². The lowest BCUT2D eigenvalue weighted by molar-refractivity contribution is 0.0601. The number of carbonyl (C=O) groups excluding carboxylic acids is 1. The normalized spacial score (nSPS) is 23.2. The maximum Gasteiger partial charge on any atom is 0.337 e. The summed E-state index contributed by atoms with van der Waals surface area (Å²) in [4.78, 5) is 13.9. The predicted molar refractivity (Wildman–Crippen MR) is 80.9 cm³/mol. The highest BCUT2D eigenvalue weighted by Crippen LogP contribution is 2.32. The Bertz CT molecular complexity index is 469. The zero-order valence-corrected chi connectivity index (χ0v) is 12.4. The van der Waals surface area contributed by atoms with Crippen LogP contribution in [0.25, 0.3) is 0 Å². The lowest BCUT2D eigenvalue weighted by atomic mass is 10.1. The number of benzene rings is 1. The number of nitrogens with zero attached hydrogens (tertiary/aromatic N) is 1. The van der Waals surface area contributed by atoms with Crippen molar-refractivity contribution >= 4 is 29.1 Å². The van der Waals surface area contributed by atoms with Crippen LogP contribution in [0.15, 0.2) is 18.2 Å². The van der Waals surface area contributed by atoms with Crippen molar-refractivity contribution in [1.82, 2.24) is 0 Å². The van der Waals surface area contributed by atoms with Gasteiger partial charge >= 0.3 is 5.97 Å². The molecule has 0 radical (unpaired) electrons. The Morgan fingerprint density at radius 2 is 2.00 bits per heavy atom. The van der Waals surface area contributed by atoms with Crippen LogP contribution in [0.1, 0.15) is 24.2 Å². The van der Waals surface area contributed by atoms with Gasteiger partial charge in [0.25, 0.3) is 0 Å². The van der Waals surface area contributed by atoms with Crippen molar-refractivity contribution < 1.29 is 9.53 Å². The number of thioether (sulfide) groups is 1. The molecule has 1 aliphatic heterocycles. The molecule has 1 fully saturated rings. The number of hydrogen-bond donors (Lipinski definition) is 1. The summed E-state index contributed by atoms with van der Waals surface area (Å²) in [5, 5.41) is 1.12. The zero-order chi connectivity index (χ0) is 14.0. The third-order valence-corrected chi connectivity index (χ3v) is 4.44. The van der Waals surface area contributed by atoms with E-state index >= 15 is 0 Å². The van der Waals surface area contributed by atoms with Crippen molar-refractivity contribution in [3.05, 3.63) is 23.8 Å². The molecular formula is C14H20N2O2S. The second kappa shape index (κ2) is 5.74. The molecule has 1 heterocycles. The summed E-state index contributed by atoms with van der Waals surface area (Å²) in [7, 11) is 1.39. The van der Waals surface area contributed by atoms with Crippen molar-refractivity contribution in [3.63, 3.8) is 0 Å². The summed E-state index contributed by atoms with van der Waals surface area (Å²) in [6.45, 7) is 6.33.